The molecule has 0 bridgehead atoms. The van der Waals surface area contributed by atoms with Gasteiger partial charge in [0.15, 0.2) is 5.82 Å². The summed E-state index contributed by atoms with van der Waals surface area (Å²) in [4.78, 5) is 52.1. The number of aryl methyl sites for hydroxylation is 1. The lowest BCUT2D eigenvalue weighted by Gasteiger charge is -2.39. The summed E-state index contributed by atoms with van der Waals surface area (Å²) in [6, 6.07) is 44.1. The quantitative estimate of drug-likeness (QED) is 0.0966. The highest BCUT2D eigenvalue weighted by atomic mass is 32.1. The first kappa shape index (κ1) is 48.9. The number of thiazole rings is 2. The third-order valence-corrected chi connectivity index (χ3v) is 16.3. The first-order chi connectivity index (χ1) is 36.3. The minimum Gasteiger partial charge on any atom is -0.497 e. The van der Waals surface area contributed by atoms with Crippen LogP contribution in [0.3, 0.4) is 0 Å². The van der Waals surface area contributed by atoms with E-state index in [2.05, 4.69) is 51.4 Å². The highest BCUT2D eigenvalue weighted by molar-refractivity contribution is 7.22. The summed E-state index contributed by atoms with van der Waals surface area (Å²) >= 11 is 3.10. The number of aromatic nitrogens is 4. The van der Waals surface area contributed by atoms with Crippen molar-refractivity contribution in [3.8, 4) is 43.8 Å². The van der Waals surface area contributed by atoms with Crippen LogP contribution in [-0.2, 0) is 11.2 Å². The van der Waals surface area contributed by atoms with Gasteiger partial charge in [0.2, 0.25) is 5.89 Å². The molecule has 11 rings (SSSR count). The molecule has 2 fully saturated rings. The summed E-state index contributed by atoms with van der Waals surface area (Å²) in [6.07, 6.45) is 0.663. The molecule has 2 unspecified atom stereocenters. The van der Waals surface area contributed by atoms with Crippen LogP contribution in [0, 0.1) is 0 Å². The Bertz CT molecular complexity index is 3440. The average Bonchev–Trinajstić information content (AvgIpc) is 4.24. The zero-order chi connectivity index (χ0) is 50.7. The van der Waals surface area contributed by atoms with Crippen LogP contribution in [0.5, 0.6) is 11.5 Å². The van der Waals surface area contributed by atoms with E-state index in [1.54, 1.807) is 44.0 Å². The van der Waals surface area contributed by atoms with Crippen molar-refractivity contribution >= 4 is 54.9 Å². The van der Waals surface area contributed by atoms with E-state index in [1.807, 2.05) is 114 Å². The van der Waals surface area contributed by atoms with E-state index in [0.717, 1.165) is 71.4 Å². The maximum atomic E-state index is 14.2. The number of nitrogens with zero attached hydrogens (tertiary/aromatic N) is 8. The van der Waals surface area contributed by atoms with Crippen LogP contribution in [0.15, 0.2) is 138 Å². The molecule has 2 atom stereocenters. The molecular formula is C58H56N8O6S2. The standard InChI is InChI=1S/C58H56N8O6S2/c1-5-49-60-54(62-72-49)52(38-16-10-7-11-17-38)64-26-30-66(31-27-64)58(68)42-21-13-19-40(33-42)56-61-51-44(34-43(70-3)35-48(51)73-56)50-47(71-4)23-22-45-53(50)74-55(59-45)39-18-12-20-41(32-39)57(67)65-28-24-63(25-29-65)46(36-69-2)37-14-8-6-9-15-37/h6-23,32-35,46,52H,5,24-31,36H2,1-4H3. The summed E-state index contributed by atoms with van der Waals surface area (Å²) in [6.45, 7) is 7.73. The van der Waals surface area contributed by atoms with E-state index in [0.29, 0.717) is 86.6 Å². The van der Waals surface area contributed by atoms with Crippen molar-refractivity contribution in [1.29, 1.82) is 0 Å². The van der Waals surface area contributed by atoms with Gasteiger partial charge in [-0.25, -0.2) is 9.97 Å². The number of amides is 2. The number of rotatable bonds is 15. The van der Waals surface area contributed by atoms with Gasteiger partial charge in [-0.05, 0) is 59.7 Å². The molecule has 0 spiro atoms. The van der Waals surface area contributed by atoms with E-state index in [-0.39, 0.29) is 23.9 Å². The monoisotopic (exact) mass is 1020 g/mol. The third-order valence-electron chi connectivity index (χ3n) is 14.1. The third kappa shape index (κ3) is 9.78. The van der Waals surface area contributed by atoms with Crippen molar-refractivity contribution in [3.05, 3.63) is 167 Å². The topological polar surface area (TPSA) is 139 Å². The molecule has 0 radical (unpaired) electrons. The second-order valence-corrected chi connectivity index (χ2v) is 20.5. The number of benzene rings is 6. The summed E-state index contributed by atoms with van der Waals surface area (Å²) in [5.74, 6) is 2.57. The van der Waals surface area contributed by atoms with Crippen LogP contribution in [0.2, 0.25) is 0 Å². The molecule has 2 aliphatic rings. The van der Waals surface area contributed by atoms with Gasteiger partial charge in [-0.15, -0.1) is 22.7 Å². The lowest BCUT2D eigenvalue weighted by Crippen LogP contribution is -2.50. The molecule has 74 heavy (non-hydrogen) atoms. The van der Waals surface area contributed by atoms with Gasteiger partial charge >= 0.3 is 0 Å². The van der Waals surface area contributed by atoms with Crippen LogP contribution in [0.25, 0.3) is 52.7 Å². The van der Waals surface area contributed by atoms with Gasteiger partial charge in [0.25, 0.3) is 11.8 Å². The second-order valence-electron chi connectivity index (χ2n) is 18.5. The predicted molar refractivity (Wildman–Crippen MR) is 290 cm³/mol. The molecule has 376 valence electrons. The van der Waals surface area contributed by atoms with Crippen molar-refractivity contribution in [3.63, 3.8) is 0 Å². The number of hydrogen-bond acceptors (Lipinski definition) is 14. The highest BCUT2D eigenvalue weighted by Crippen LogP contribution is 2.47. The molecule has 6 aromatic carbocycles. The fraction of sp³-hybridized carbons (Fsp3) is 0.276. The Morgan fingerprint density at radius 3 is 1.85 bits per heavy atom. The normalized spacial score (nSPS) is 15.4. The number of fused-ring (bicyclic) bond motifs is 2. The minimum absolute atomic E-state index is 0.00429. The van der Waals surface area contributed by atoms with Gasteiger partial charge in [0.05, 0.1) is 53.3 Å². The lowest BCUT2D eigenvalue weighted by atomic mass is 10.0. The van der Waals surface area contributed by atoms with Gasteiger partial charge in [-0.2, -0.15) is 4.98 Å². The number of piperazine rings is 2. The summed E-state index contributed by atoms with van der Waals surface area (Å²) in [5.41, 5.74) is 8.50. The number of methoxy groups -OCH3 is 3. The molecular weight excluding hydrogens is 969 g/mol. The number of carbonyl (C=O) groups excluding carboxylic acids is 2. The molecule has 0 saturated carbocycles. The minimum atomic E-state index is -0.179. The van der Waals surface area contributed by atoms with Crippen LogP contribution >= 0.6 is 22.7 Å². The number of ether oxygens (including phenoxy) is 3. The highest BCUT2D eigenvalue weighted by Gasteiger charge is 2.33. The van der Waals surface area contributed by atoms with E-state index in [1.165, 1.54) is 5.56 Å². The van der Waals surface area contributed by atoms with Crippen LogP contribution in [-0.4, -0.2) is 132 Å². The van der Waals surface area contributed by atoms with Crippen molar-refractivity contribution in [2.75, 3.05) is 80.3 Å². The lowest BCUT2D eigenvalue weighted by molar-refractivity contribution is 0.0402. The molecule has 9 aromatic rings. The summed E-state index contributed by atoms with van der Waals surface area (Å²) in [5, 5.41) is 5.91. The maximum absolute atomic E-state index is 14.2. The molecule has 2 aliphatic heterocycles. The first-order valence-electron chi connectivity index (χ1n) is 25.0. The smallest absolute Gasteiger partial charge is 0.253 e. The molecule has 2 saturated heterocycles. The molecule has 0 aliphatic carbocycles. The Labute approximate surface area is 437 Å². The zero-order valence-electron chi connectivity index (χ0n) is 41.8. The Morgan fingerprint density at radius 1 is 0.635 bits per heavy atom. The van der Waals surface area contributed by atoms with Crippen molar-refractivity contribution < 1.29 is 28.3 Å². The Balaban J connectivity index is 0.839. The van der Waals surface area contributed by atoms with Crippen molar-refractivity contribution in [2.24, 2.45) is 0 Å². The van der Waals surface area contributed by atoms with Gasteiger partial charge in [-0.3, -0.25) is 19.4 Å². The van der Waals surface area contributed by atoms with Crippen LogP contribution in [0.1, 0.15) is 62.6 Å². The first-order valence-corrected chi connectivity index (χ1v) is 26.6. The fourth-order valence-electron chi connectivity index (χ4n) is 10.2. The van der Waals surface area contributed by atoms with E-state index < -0.39 is 0 Å². The predicted octanol–water partition coefficient (Wildman–Crippen LogP) is 10.6. The van der Waals surface area contributed by atoms with E-state index in [9.17, 15) is 9.59 Å². The van der Waals surface area contributed by atoms with Crippen molar-refractivity contribution in [1.82, 2.24) is 39.7 Å². The molecule has 14 nitrogen and oxygen atoms in total. The van der Waals surface area contributed by atoms with Gasteiger partial charge in [0.1, 0.15) is 21.5 Å². The fourth-order valence-corrected chi connectivity index (χ4v) is 12.4. The number of hydrogen-bond donors (Lipinski definition) is 0. The van der Waals surface area contributed by atoms with Gasteiger partial charge in [0, 0.05) is 99.3 Å². The average molecular weight is 1030 g/mol. The molecule has 3 aromatic heterocycles. The molecule has 5 heterocycles. The Morgan fingerprint density at radius 2 is 1.26 bits per heavy atom. The van der Waals surface area contributed by atoms with E-state index >= 15 is 0 Å². The van der Waals surface area contributed by atoms with E-state index in [4.69, 9.17) is 33.7 Å². The van der Waals surface area contributed by atoms with Crippen LogP contribution < -0.4 is 9.47 Å². The second kappa shape index (κ2) is 21.6. The largest absolute Gasteiger partial charge is 0.497 e. The van der Waals surface area contributed by atoms with Gasteiger partial charge in [-0.1, -0.05) is 97.0 Å². The van der Waals surface area contributed by atoms with Gasteiger partial charge < -0.3 is 28.5 Å². The number of carbonyl (C=O) groups is 2. The Hall–Kier alpha value is -7.34. The van der Waals surface area contributed by atoms with Crippen LogP contribution in [0.4, 0.5) is 0 Å². The summed E-state index contributed by atoms with van der Waals surface area (Å²) < 4.78 is 25.0. The zero-order valence-corrected chi connectivity index (χ0v) is 43.4. The molecule has 2 amide bonds. The summed E-state index contributed by atoms with van der Waals surface area (Å²) in [7, 11) is 5.07. The maximum Gasteiger partial charge on any atom is 0.253 e. The SMILES string of the molecule is CCc1nc(C(c2ccccc2)N2CCN(C(=O)c3cccc(-c4nc5c(-c6c(OC)ccc7nc(-c8cccc(C(=O)N9CCN(C(COC)c%10ccccc%10)CC9)c8)sc67)cc(OC)cc5s4)c3)CC2)no1. The molecule has 16 heteroatoms. The van der Waals surface area contributed by atoms with Crippen molar-refractivity contribution in [2.45, 2.75) is 25.4 Å². The Kier molecular flexibility index (Phi) is 14.3. The molecule has 0 N–H and O–H groups in total.